The molecular weight excluding hydrogens is 204 g/mol. The molecule has 1 heterocycles. The third kappa shape index (κ3) is 2.23. The molecule has 2 N–H and O–H groups in total. The first-order chi connectivity index (χ1) is 7.53. The van der Waals surface area contributed by atoms with Crippen molar-refractivity contribution in [2.45, 2.75) is 45.6 Å². The van der Waals surface area contributed by atoms with Crippen molar-refractivity contribution in [3.8, 4) is 0 Å². The minimum Gasteiger partial charge on any atom is -0.344 e. The molecule has 1 aromatic rings. The standard InChI is InChI=1S/C11H18N4O/c1-4-8-12-9(15-14-8)10(16)13-11(2,3)7-5-6-7/h7H,4-6H2,1-3H3,(H,13,16)(H,12,14,15). The van der Waals surface area contributed by atoms with Gasteiger partial charge in [-0.05, 0) is 32.6 Å². The molecule has 0 unspecified atom stereocenters. The van der Waals surface area contributed by atoms with Gasteiger partial charge in [0.15, 0.2) is 0 Å². The van der Waals surface area contributed by atoms with Crippen molar-refractivity contribution in [2.75, 3.05) is 0 Å². The first-order valence-electron chi connectivity index (χ1n) is 5.76. The third-order valence-electron chi connectivity index (χ3n) is 3.10. The number of aryl methyl sites for hydroxylation is 1. The molecule has 1 saturated carbocycles. The summed E-state index contributed by atoms with van der Waals surface area (Å²) in [5.41, 5.74) is -0.149. The molecule has 1 aliphatic carbocycles. The van der Waals surface area contributed by atoms with Crippen LogP contribution in [0.3, 0.4) is 0 Å². The Morgan fingerprint density at radius 3 is 2.75 bits per heavy atom. The molecule has 0 saturated heterocycles. The number of hydrogen-bond donors (Lipinski definition) is 2. The summed E-state index contributed by atoms with van der Waals surface area (Å²) in [4.78, 5) is 16.0. The van der Waals surface area contributed by atoms with E-state index in [4.69, 9.17) is 0 Å². The highest BCUT2D eigenvalue weighted by molar-refractivity contribution is 5.90. The maximum atomic E-state index is 11.9. The monoisotopic (exact) mass is 222 g/mol. The minimum absolute atomic E-state index is 0.149. The summed E-state index contributed by atoms with van der Waals surface area (Å²) < 4.78 is 0. The number of H-pyrrole nitrogens is 1. The maximum absolute atomic E-state index is 11.9. The lowest BCUT2D eigenvalue weighted by atomic mass is 9.99. The van der Waals surface area contributed by atoms with Crippen LogP contribution in [0.25, 0.3) is 0 Å². The van der Waals surface area contributed by atoms with E-state index >= 15 is 0 Å². The van der Waals surface area contributed by atoms with Crippen molar-refractivity contribution < 1.29 is 4.79 Å². The van der Waals surface area contributed by atoms with Gasteiger partial charge in [-0.25, -0.2) is 4.98 Å². The van der Waals surface area contributed by atoms with Crippen LogP contribution in [-0.4, -0.2) is 26.6 Å². The molecule has 5 nitrogen and oxygen atoms in total. The number of carbonyl (C=O) groups is 1. The second-order valence-electron chi connectivity index (χ2n) is 4.91. The highest BCUT2D eigenvalue weighted by Gasteiger charge is 2.39. The van der Waals surface area contributed by atoms with Gasteiger partial charge in [-0.1, -0.05) is 6.92 Å². The topological polar surface area (TPSA) is 70.7 Å². The fraction of sp³-hybridized carbons (Fsp3) is 0.727. The number of aromatic amines is 1. The minimum atomic E-state index is -0.187. The fourth-order valence-electron chi connectivity index (χ4n) is 1.81. The van der Waals surface area contributed by atoms with Crippen LogP contribution >= 0.6 is 0 Å². The van der Waals surface area contributed by atoms with E-state index in [1.54, 1.807) is 0 Å². The van der Waals surface area contributed by atoms with Gasteiger partial charge in [0.25, 0.3) is 5.91 Å². The lowest BCUT2D eigenvalue weighted by Crippen LogP contribution is -2.45. The van der Waals surface area contributed by atoms with Crippen molar-refractivity contribution in [3.63, 3.8) is 0 Å². The molecule has 0 atom stereocenters. The summed E-state index contributed by atoms with van der Waals surface area (Å²) in [6.07, 6.45) is 3.15. The van der Waals surface area contributed by atoms with Crippen LogP contribution in [0, 0.1) is 5.92 Å². The van der Waals surface area contributed by atoms with Gasteiger partial charge in [-0.3, -0.25) is 9.89 Å². The molecule has 0 aliphatic heterocycles. The number of nitrogens with zero attached hydrogens (tertiary/aromatic N) is 2. The van der Waals surface area contributed by atoms with Crippen molar-refractivity contribution >= 4 is 5.91 Å². The average Bonchev–Trinajstić information content (AvgIpc) is 2.97. The molecule has 0 spiro atoms. The summed E-state index contributed by atoms with van der Waals surface area (Å²) in [5, 5.41) is 9.64. The highest BCUT2D eigenvalue weighted by atomic mass is 16.2. The van der Waals surface area contributed by atoms with E-state index in [0.29, 0.717) is 5.92 Å². The Balaban J connectivity index is 2.02. The number of hydrogen-bond acceptors (Lipinski definition) is 3. The molecule has 1 aliphatic rings. The fourth-order valence-corrected chi connectivity index (χ4v) is 1.81. The van der Waals surface area contributed by atoms with Crippen LogP contribution in [-0.2, 0) is 6.42 Å². The average molecular weight is 222 g/mol. The number of nitrogens with one attached hydrogen (secondary N) is 2. The lowest BCUT2D eigenvalue weighted by molar-refractivity contribution is 0.0893. The molecule has 0 radical (unpaired) electrons. The van der Waals surface area contributed by atoms with Crippen LogP contribution in [0.15, 0.2) is 0 Å². The van der Waals surface area contributed by atoms with Gasteiger partial charge in [0.1, 0.15) is 5.82 Å². The Kier molecular flexibility index (Phi) is 2.69. The smallest absolute Gasteiger partial charge is 0.291 e. The van der Waals surface area contributed by atoms with Crippen LogP contribution in [0.2, 0.25) is 0 Å². The van der Waals surface area contributed by atoms with E-state index in [1.165, 1.54) is 12.8 Å². The maximum Gasteiger partial charge on any atom is 0.291 e. The zero-order valence-corrected chi connectivity index (χ0v) is 10.0. The molecule has 1 amide bonds. The van der Waals surface area contributed by atoms with Crippen LogP contribution in [0.5, 0.6) is 0 Å². The molecule has 2 rings (SSSR count). The van der Waals surface area contributed by atoms with Crippen molar-refractivity contribution in [3.05, 3.63) is 11.6 Å². The second kappa shape index (κ2) is 3.88. The van der Waals surface area contributed by atoms with Gasteiger partial charge < -0.3 is 5.32 Å². The largest absolute Gasteiger partial charge is 0.344 e. The first kappa shape index (κ1) is 11.1. The predicted molar refractivity (Wildman–Crippen MR) is 60.0 cm³/mol. The molecule has 0 bridgehead atoms. The molecule has 1 aromatic heterocycles. The number of aromatic nitrogens is 3. The normalized spacial score (nSPS) is 16.2. The van der Waals surface area contributed by atoms with E-state index in [-0.39, 0.29) is 17.3 Å². The zero-order valence-electron chi connectivity index (χ0n) is 10.0. The molecule has 16 heavy (non-hydrogen) atoms. The van der Waals surface area contributed by atoms with Crippen molar-refractivity contribution in [1.29, 1.82) is 0 Å². The number of rotatable bonds is 4. The highest BCUT2D eigenvalue weighted by Crippen LogP contribution is 2.39. The van der Waals surface area contributed by atoms with Crippen molar-refractivity contribution in [1.82, 2.24) is 20.5 Å². The van der Waals surface area contributed by atoms with Gasteiger partial charge in [-0.15, -0.1) is 5.10 Å². The molecular formula is C11H18N4O. The summed E-state index contributed by atoms with van der Waals surface area (Å²) in [5.74, 6) is 1.40. The SMILES string of the molecule is CCc1nc(C(=O)NC(C)(C)C2CC2)n[nH]1. The Hall–Kier alpha value is -1.39. The quantitative estimate of drug-likeness (QED) is 0.806. The van der Waals surface area contributed by atoms with E-state index in [2.05, 4.69) is 34.3 Å². The third-order valence-corrected chi connectivity index (χ3v) is 3.10. The Bertz CT molecular complexity index is 392. The van der Waals surface area contributed by atoms with E-state index in [9.17, 15) is 4.79 Å². The lowest BCUT2D eigenvalue weighted by Gasteiger charge is -2.25. The first-order valence-corrected chi connectivity index (χ1v) is 5.76. The summed E-state index contributed by atoms with van der Waals surface area (Å²) in [6.45, 7) is 6.07. The van der Waals surface area contributed by atoms with Crippen LogP contribution in [0.4, 0.5) is 0 Å². The van der Waals surface area contributed by atoms with Gasteiger partial charge >= 0.3 is 0 Å². The van der Waals surface area contributed by atoms with Gasteiger partial charge in [-0.2, -0.15) is 0 Å². The molecule has 5 heteroatoms. The van der Waals surface area contributed by atoms with Crippen LogP contribution in [0.1, 0.15) is 50.1 Å². The Labute approximate surface area is 95.0 Å². The van der Waals surface area contributed by atoms with Crippen molar-refractivity contribution in [2.24, 2.45) is 5.92 Å². The summed E-state index contributed by atoms with van der Waals surface area (Å²) in [7, 11) is 0. The number of carbonyl (C=O) groups excluding carboxylic acids is 1. The van der Waals surface area contributed by atoms with E-state index < -0.39 is 0 Å². The zero-order chi connectivity index (χ0) is 11.8. The van der Waals surface area contributed by atoms with Gasteiger partial charge in [0.2, 0.25) is 5.82 Å². The second-order valence-corrected chi connectivity index (χ2v) is 4.91. The molecule has 1 fully saturated rings. The number of amides is 1. The van der Waals surface area contributed by atoms with E-state index in [0.717, 1.165) is 12.2 Å². The van der Waals surface area contributed by atoms with E-state index in [1.807, 2.05) is 6.92 Å². The van der Waals surface area contributed by atoms with Crippen LogP contribution < -0.4 is 5.32 Å². The summed E-state index contributed by atoms with van der Waals surface area (Å²) in [6, 6.07) is 0. The molecule has 0 aromatic carbocycles. The summed E-state index contributed by atoms with van der Waals surface area (Å²) >= 11 is 0. The molecule has 88 valence electrons. The van der Waals surface area contributed by atoms with Gasteiger partial charge in [0, 0.05) is 12.0 Å². The predicted octanol–water partition coefficient (Wildman–Crippen LogP) is 1.29. The Morgan fingerprint density at radius 1 is 1.56 bits per heavy atom. The Morgan fingerprint density at radius 2 is 2.25 bits per heavy atom. The van der Waals surface area contributed by atoms with Gasteiger partial charge in [0.05, 0.1) is 0 Å².